The van der Waals surface area contributed by atoms with Gasteiger partial charge in [0.05, 0.1) is 35.1 Å². The number of benzene rings is 3. The summed E-state index contributed by atoms with van der Waals surface area (Å²) in [5.74, 6) is 0.832. The van der Waals surface area contributed by atoms with Crippen LogP contribution in [-0.2, 0) is 4.79 Å². The molecule has 0 saturated heterocycles. The van der Waals surface area contributed by atoms with E-state index < -0.39 is 0 Å². The van der Waals surface area contributed by atoms with E-state index >= 15 is 0 Å². The van der Waals surface area contributed by atoms with Crippen LogP contribution in [0.4, 0.5) is 5.69 Å². The topological polar surface area (TPSA) is 73.3 Å². The van der Waals surface area contributed by atoms with E-state index in [1.807, 2.05) is 36.4 Å². The zero-order valence-corrected chi connectivity index (χ0v) is 16.9. The van der Waals surface area contributed by atoms with Crippen LogP contribution in [0.1, 0.15) is 0 Å². The van der Waals surface area contributed by atoms with Gasteiger partial charge in [-0.05, 0) is 54.6 Å². The van der Waals surface area contributed by atoms with Crippen LogP contribution in [0.5, 0.6) is 11.5 Å². The van der Waals surface area contributed by atoms with Crippen LogP contribution in [0.2, 0.25) is 5.02 Å². The zero-order chi connectivity index (χ0) is 20.9. The van der Waals surface area contributed by atoms with Gasteiger partial charge in [-0.3, -0.25) is 9.78 Å². The number of carbonyl (C=O) groups excluding carboxylic acids is 1. The molecule has 1 heterocycles. The first-order valence-electron chi connectivity index (χ1n) is 9.21. The molecule has 0 aliphatic heterocycles. The van der Waals surface area contributed by atoms with Gasteiger partial charge in [-0.1, -0.05) is 23.7 Å². The quantitative estimate of drug-likeness (QED) is 0.477. The summed E-state index contributed by atoms with van der Waals surface area (Å²) in [6, 6.07) is 20.1. The van der Waals surface area contributed by atoms with Crippen LogP contribution >= 0.6 is 11.6 Å². The minimum Gasteiger partial charge on any atom is -0.495 e. The lowest BCUT2D eigenvalue weighted by atomic mass is 10.1. The minimum absolute atomic E-state index is 0.126. The Balaban J connectivity index is 1.37. The lowest BCUT2D eigenvalue weighted by Crippen LogP contribution is -2.20. The molecule has 4 aromatic rings. The van der Waals surface area contributed by atoms with Crippen LogP contribution in [-0.4, -0.2) is 29.6 Å². The standard InChI is InChI=1S/C23H18ClN3O3/c1-29-22-11-8-16(12-18(22)24)26-23(28)14-30-17-9-6-15(7-10-17)21-13-25-19-4-2-3-5-20(19)27-21/h2-13H,14H2,1H3,(H,26,28). The van der Waals surface area contributed by atoms with Gasteiger partial charge in [0.1, 0.15) is 11.5 Å². The molecule has 3 aromatic carbocycles. The number of halogens is 1. The third-order valence-electron chi connectivity index (χ3n) is 4.40. The SMILES string of the molecule is COc1ccc(NC(=O)COc2ccc(-c3cnc4ccccc4n3)cc2)cc1Cl. The molecule has 1 aromatic heterocycles. The van der Waals surface area contributed by atoms with Crippen LogP contribution in [0.15, 0.2) is 72.9 Å². The van der Waals surface area contributed by atoms with Crippen molar-refractivity contribution < 1.29 is 14.3 Å². The molecule has 0 aliphatic rings. The summed E-state index contributed by atoms with van der Waals surface area (Å²) in [7, 11) is 1.53. The summed E-state index contributed by atoms with van der Waals surface area (Å²) >= 11 is 6.07. The number of rotatable bonds is 6. The largest absolute Gasteiger partial charge is 0.495 e. The molecule has 0 unspecified atom stereocenters. The molecule has 0 aliphatic carbocycles. The molecule has 6 nitrogen and oxygen atoms in total. The number of nitrogens with one attached hydrogen (secondary N) is 1. The van der Waals surface area contributed by atoms with E-state index in [4.69, 9.17) is 21.1 Å². The van der Waals surface area contributed by atoms with Crippen LogP contribution < -0.4 is 14.8 Å². The van der Waals surface area contributed by atoms with Crippen molar-refractivity contribution in [1.29, 1.82) is 0 Å². The normalized spacial score (nSPS) is 10.6. The van der Waals surface area contributed by atoms with Gasteiger partial charge in [0, 0.05) is 11.3 Å². The number of hydrogen-bond donors (Lipinski definition) is 1. The molecule has 1 N–H and O–H groups in total. The number of hydrogen-bond acceptors (Lipinski definition) is 5. The molecule has 0 atom stereocenters. The van der Waals surface area contributed by atoms with Gasteiger partial charge in [-0.25, -0.2) is 4.98 Å². The summed E-state index contributed by atoms with van der Waals surface area (Å²) in [6.07, 6.45) is 1.74. The second-order valence-electron chi connectivity index (χ2n) is 6.45. The monoisotopic (exact) mass is 419 g/mol. The van der Waals surface area contributed by atoms with Crippen LogP contribution in [0.3, 0.4) is 0 Å². The lowest BCUT2D eigenvalue weighted by molar-refractivity contribution is -0.118. The zero-order valence-electron chi connectivity index (χ0n) is 16.1. The highest BCUT2D eigenvalue weighted by Crippen LogP contribution is 2.27. The van der Waals surface area contributed by atoms with Crippen LogP contribution in [0, 0.1) is 0 Å². The Labute approximate surface area is 178 Å². The average Bonchev–Trinajstić information content (AvgIpc) is 2.78. The lowest BCUT2D eigenvalue weighted by Gasteiger charge is -2.10. The second kappa shape index (κ2) is 8.80. The molecule has 7 heteroatoms. The molecular weight excluding hydrogens is 402 g/mol. The number of aromatic nitrogens is 2. The Kier molecular flexibility index (Phi) is 5.77. The third-order valence-corrected chi connectivity index (χ3v) is 4.70. The van der Waals surface area contributed by atoms with E-state index in [2.05, 4.69) is 15.3 Å². The molecule has 0 spiro atoms. The van der Waals surface area contributed by atoms with Gasteiger partial charge in [-0.2, -0.15) is 0 Å². The smallest absolute Gasteiger partial charge is 0.262 e. The van der Waals surface area contributed by atoms with Crippen molar-refractivity contribution in [3.8, 4) is 22.8 Å². The molecule has 1 amide bonds. The van der Waals surface area contributed by atoms with Crippen molar-refractivity contribution in [2.75, 3.05) is 19.0 Å². The predicted octanol–water partition coefficient (Wildman–Crippen LogP) is 4.98. The number of amides is 1. The maximum atomic E-state index is 12.1. The van der Waals surface area contributed by atoms with E-state index in [9.17, 15) is 4.79 Å². The molecule has 0 saturated carbocycles. The Bertz CT molecular complexity index is 1200. The minimum atomic E-state index is -0.291. The van der Waals surface area contributed by atoms with E-state index in [-0.39, 0.29) is 12.5 Å². The predicted molar refractivity (Wildman–Crippen MR) is 117 cm³/mol. The molecular formula is C23H18ClN3O3. The van der Waals surface area contributed by atoms with Crippen molar-refractivity contribution >= 4 is 34.2 Å². The van der Waals surface area contributed by atoms with Crippen LogP contribution in [0.25, 0.3) is 22.3 Å². The van der Waals surface area contributed by atoms with Crippen molar-refractivity contribution in [3.05, 3.63) is 77.9 Å². The van der Waals surface area contributed by atoms with Gasteiger partial charge in [0.25, 0.3) is 5.91 Å². The highest BCUT2D eigenvalue weighted by molar-refractivity contribution is 6.32. The summed E-state index contributed by atoms with van der Waals surface area (Å²) in [5.41, 5.74) is 3.95. The van der Waals surface area contributed by atoms with Crippen molar-refractivity contribution in [1.82, 2.24) is 9.97 Å². The number of nitrogens with zero attached hydrogens (tertiary/aromatic N) is 2. The van der Waals surface area contributed by atoms with Crippen molar-refractivity contribution in [2.24, 2.45) is 0 Å². The molecule has 0 radical (unpaired) electrons. The Hall–Kier alpha value is -3.64. The first-order valence-corrected chi connectivity index (χ1v) is 9.58. The molecule has 0 fully saturated rings. The molecule has 30 heavy (non-hydrogen) atoms. The summed E-state index contributed by atoms with van der Waals surface area (Å²) < 4.78 is 10.7. The van der Waals surface area contributed by atoms with Gasteiger partial charge in [-0.15, -0.1) is 0 Å². The third kappa shape index (κ3) is 4.50. The van der Waals surface area contributed by atoms with E-state index in [0.717, 1.165) is 22.3 Å². The highest BCUT2D eigenvalue weighted by atomic mass is 35.5. The van der Waals surface area contributed by atoms with Gasteiger partial charge in [0.15, 0.2) is 6.61 Å². The Morgan fingerprint density at radius 2 is 1.80 bits per heavy atom. The fourth-order valence-corrected chi connectivity index (χ4v) is 3.17. The fraction of sp³-hybridized carbons (Fsp3) is 0.0870. The van der Waals surface area contributed by atoms with Crippen molar-refractivity contribution in [3.63, 3.8) is 0 Å². The Morgan fingerprint density at radius 3 is 2.53 bits per heavy atom. The number of anilines is 1. The van der Waals surface area contributed by atoms with Gasteiger partial charge >= 0.3 is 0 Å². The number of carbonyl (C=O) groups is 1. The first-order chi connectivity index (χ1) is 14.6. The summed E-state index contributed by atoms with van der Waals surface area (Å²) in [4.78, 5) is 21.2. The second-order valence-corrected chi connectivity index (χ2v) is 6.86. The number of fused-ring (bicyclic) bond motifs is 1. The maximum Gasteiger partial charge on any atom is 0.262 e. The summed E-state index contributed by atoms with van der Waals surface area (Å²) in [5, 5.41) is 3.16. The van der Waals surface area contributed by atoms with Gasteiger partial charge < -0.3 is 14.8 Å². The molecule has 150 valence electrons. The van der Waals surface area contributed by atoms with Gasteiger partial charge in [0.2, 0.25) is 0 Å². The Morgan fingerprint density at radius 1 is 1.03 bits per heavy atom. The molecule has 4 rings (SSSR count). The van der Waals surface area contributed by atoms with E-state index in [1.54, 1.807) is 36.5 Å². The van der Waals surface area contributed by atoms with E-state index in [1.165, 1.54) is 7.11 Å². The number of methoxy groups -OCH3 is 1. The number of ether oxygens (including phenoxy) is 2. The number of para-hydroxylation sites is 2. The molecule has 0 bridgehead atoms. The maximum absolute atomic E-state index is 12.1. The average molecular weight is 420 g/mol. The highest BCUT2D eigenvalue weighted by Gasteiger charge is 2.08. The van der Waals surface area contributed by atoms with E-state index in [0.29, 0.717) is 22.2 Å². The van der Waals surface area contributed by atoms with Crippen molar-refractivity contribution in [2.45, 2.75) is 0 Å². The first kappa shape index (κ1) is 19.7. The summed E-state index contributed by atoms with van der Waals surface area (Å²) in [6.45, 7) is -0.126. The fourth-order valence-electron chi connectivity index (χ4n) is 2.91.